The molecule has 1 aromatic rings. The van der Waals surface area contributed by atoms with E-state index in [4.69, 9.17) is 5.11 Å². The molecule has 1 aromatic carbocycles. The summed E-state index contributed by atoms with van der Waals surface area (Å²) in [5.41, 5.74) is 1.46. The Morgan fingerprint density at radius 2 is 1.92 bits per heavy atom. The zero-order chi connectivity index (χ0) is 17.3. The highest BCUT2D eigenvalue weighted by atomic mass is 16.4. The molecule has 24 heavy (non-hydrogen) atoms. The maximum Gasteiger partial charge on any atom is 0.335 e. The van der Waals surface area contributed by atoms with Crippen LogP contribution < -0.4 is 0 Å². The fourth-order valence-electron chi connectivity index (χ4n) is 4.44. The van der Waals surface area contributed by atoms with Crippen molar-refractivity contribution in [2.75, 3.05) is 13.1 Å². The molecule has 2 atom stereocenters. The molecule has 5 nitrogen and oxygen atoms in total. The zero-order valence-electron chi connectivity index (χ0n) is 14.5. The number of carboxylic acid groups (broad SMARTS) is 1. The highest BCUT2D eigenvalue weighted by Crippen LogP contribution is 2.39. The number of amides is 1. The van der Waals surface area contributed by atoms with Crippen molar-refractivity contribution in [2.45, 2.75) is 57.7 Å². The highest BCUT2D eigenvalue weighted by molar-refractivity contribution is 5.87. The molecule has 0 bridgehead atoms. The predicted octanol–water partition coefficient (Wildman–Crippen LogP) is 2.75. The van der Waals surface area contributed by atoms with E-state index in [1.165, 1.54) is 0 Å². The van der Waals surface area contributed by atoms with Gasteiger partial charge in [-0.3, -0.25) is 9.69 Å². The second-order valence-electron chi connectivity index (χ2n) is 7.25. The minimum atomic E-state index is -0.893. The Morgan fingerprint density at radius 1 is 1.21 bits per heavy atom. The number of hydrogen-bond donors (Lipinski definition) is 1. The topological polar surface area (TPSA) is 60.9 Å². The van der Waals surface area contributed by atoms with Crippen LogP contribution in [0, 0.1) is 0 Å². The first kappa shape index (κ1) is 17.0. The van der Waals surface area contributed by atoms with Crippen molar-refractivity contribution in [2.24, 2.45) is 0 Å². The molecule has 0 saturated carbocycles. The summed E-state index contributed by atoms with van der Waals surface area (Å²) in [6, 6.07) is 7.44. The van der Waals surface area contributed by atoms with Crippen LogP contribution in [0.5, 0.6) is 0 Å². The minimum Gasteiger partial charge on any atom is -0.478 e. The van der Waals surface area contributed by atoms with Crippen LogP contribution in [-0.2, 0) is 11.3 Å². The standard InChI is InChI=1S/C19H26N2O3/c1-14(22)21-12-4-10-19(2)17(21)5-3-11-20(19)13-15-6-8-16(9-7-15)18(23)24/h6-9,17H,3-5,10-13H2,1-2H3,(H,23,24)/t17-,19-/m0/s1. The van der Waals surface area contributed by atoms with Crippen molar-refractivity contribution in [1.82, 2.24) is 9.80 Å². The maximum absolute atomic E-state index is 12.0. The van der Waals surface area contributed by atoms with Gasteiger partial charge in [0.05, 0.1) is 5.56 Å². The molecule has 5 heteroatoms. The third-order valence-electron chi connectivity index (χ3n) is 5.78. The summed E-state index contributed by atoms with van der Waals surface area (Å²) in [6.07, 6.45) is 4.32. The number of aromatic carboxylic acids is 1. The van der Waals surface area contributed by atoms with Crippen LogP contribution in [0.15, 0.2) is 24.3 Å². The first-order valence-electron chi connectivity index (χ1n) is 8.76. The molecule has 0 aliphatic carbocycles. The molecule has 2 fully saturated rings. The third kappa shape index (κ3) is 3.05. The fourth-order valence-corrected chi connectivity index (χ4v) is 4.44. The SMILES string of the molecule is CC(=O)N1CCC[C@@]2(C)[C@@H]1CCCN2Cc1ccc(C(=O)O)cc1. The summed E-state index contributed by atoms with van der Waals surface area (Å²) < 4.78 is 0. The molecular formula is C19H26N2O3. The summed E-state index contributed by atoms with van der Waals surface area (Å²) >= 11 is 0. The number of rotatable bonds is 3. The Kier molecular flexibility index (Phi) is 4.63. The van der Waals surface area contributed by atoms with Crippen molar-refractivity contribution in [3.05, 3.63) is 35.4 Å². The molecule has 130 valence electrons. The predicted molar refractivity (Wildman–Crippen MR) is 91.9 cm³/mol. The van der Waals surface area contributed by atoms with Gasteiger partial charge in [-0.25, -0.2) is 4.79 Å². The molecule has 0 radical (unpaired) electrons. The fraction of sp³-hybridized carbons (Fsp3) is 0.579. The van der Waals surface area contributed by atoms with Gasteiger partial charge in [0.15, 0.2) is 0 Å². The summed E-state index contributed by atoms with van der Waals surface area (Å²) in [6.45, 7) is 6.67. The lowest BCUT2D eigenvalue weighted by Crippen LogP contribution is -2.66. The van der Waals surface area contributed by atoms with Crippen LogP contribution in [0.4, 0.5) is 0 Å². The minimum absolute atomic E-state index is 0.00758. The summed E-state index contributed by atoms with van der Waals surface area (Å²) in [7, 11) is 0. The van der Waals surface area contributed by atoms with Crippen molar-refractivity contribution in [1.29, 1.82) is 0 Å². The van der Waals surface area contributed by atoms with Gasteiger partial charge in [-0.2, -0.15) is 0 Å². The zero-order valence-corrected chi connectivity index (χ0v) is 14.5. The van der Waals surface area contributed by atoms with E-state index in [0.717, 1.165) is 50.9 Å². The van der Waals surface area contributed by atoms with Crippen LogP contribution in [0.3, 0.4) is 0 Å². The number of carbonyl (C=O) groups is 2. The van der Waals surface area contributed by atoms with E-state index in [1.54, 1.807) is 19.1 Å². The Balaban J connectivity index is 1.79. The number of piperidine rings is 2. The van der Waals surface area contributed by atoms with E-state index in [1.807, 2.05) is 12.1 Å². The van der Waals surface area contributed by atoms with E-state index in [0.29, 0.717) is 5.56 Å². The number of hydrogen-bond acceptors (Lipinski definition) is 3. The number of carbonyl (C=O) groups excluding carboxylic acids is 1. The molecule has 3 rings (SSSR count). The van der Waals surface area contributed by atoms with Gasteiger partial charge in [0.2, 0.25) is 5.91 Å². The number of nitrogens with zero attached hydrogens (tertiary/aromatic N) is 2. The Hall–Kier alpha value is -1.88. The van der Waals surface area contributed by atoms with E-state index in [-0.39, 0.29) is 17.5 Å². The quantitative estimate of drug-likeness (QED) is 0.926. The Labute approximate surface area is 143 Å². The molecule has 1 amide bonds. The van der Waals surface area contributed by atoms with E-state index >= 15 is 0 Å². The van der Waals surface area contributed by atoms with Crippen LogP contribution in [-0.4, -0.2) is 51.5 Å². The van der Waals surface area contributed by atoms with E-state index in [2.05, 4.69) is 16.7 Å². The number of likely N-dealkylation sites (tertiary alicyclic amines) is 2. The normalized spacial score (nSPS) is 27.6. The van der Waals surface area contributed by atoms with Crippen molar-refractivity contribution in [3.8, 4) is 0 Å². The van der Waals surface area contributed by atoms with Gasteiger partial charge in [0.25, 0.3) is 0 Å². The first-order chi connectivity index (χ1) is 11.4. The van der Waals surface area contributed by atoms with Gasteiger partial charge in [-0.15, -0.1) is 0 Å². The van der Waals surface area contributed by atoms with E-state index < -0.39 is 5.97 Å². The van der Waals surface area contributed by atoms with Gasteiger partial charge >= 0.3 is 5.97 Å². The maximum atomic E-state index is 12.0. The number of benzene rings is 1. The summed E-state index contributed by atoms with van der Waals surface area (Å²) in [4.78, 5) is 27.6. The molecule has 2 aliphatic heterocycles. The Bertz CT molecular complexity index is 628. The van der Waals surface area contributed by atoms with Crippen LogP contribution in [0.1, 0.15) is 55.5 Å². The van der Waals surface area contributed by atoms with Crippen molar-refractivity contribution in [3.63, 3.8) is 0 Å². The van der Waals surface area contributed by atoms with Crippen molar-refractivity contribution < 1.29 is 14.7 Å². The molecular weight excluding hydrogens is 304 g/mol. The molecule has 1 N–H and O–H groups in total. The Morgan fingerprint density at radius 3 is 2.54 bits per heavy atom. The van der Waals surface area contributed by atoms with Crippen molar-refractivity contribution >= 4 is 11.9 Å². The lowest BCUT2D eigenvalue weighted by Gasteiger charge is -2.56. The molecule has 2 saturated heterocycles. The average Bonchev–Trinajstić information content (AvgIpc) is 2.55. The van der Waals surface area contributed by atoms with Crippen LogP contribution in [0.2, 0.25) is 0 Å². The summed E-state index contributed by atoms with van der Waals surface area (Å²) in [5.74, 6) is -0.713. The largest absolute Gasteiger partial charge is 0.478 e. The van der Waals surface area contributed by atoms with Crippen LogP contribution >= 0.6 is 0 Å². The average molecular weight is 330 g/mol. The van der Waals surface area contributed by atoms with Gasteiger partial charge in [0.1, 0.15) is 0 Å². The third-order valence-corrected chi connectivity index (χ3v) is 5.78. The van der Waals surface area contributed by atoms with Crippen LogP contribution in [0.25, 0.3) is 0 Å². The van der Waals surface area contributed by atoms with Gasteiger partial charge < -0.3 is 10.0 Å². The second kappa shape index (κ2) is 6.55. The highest BCUT2D eigenvalue weighted by Gasteiger charge is 2.47. The molecule has 2 heterocycles. The lowest BCUT2D eigenvalue weighted by atomic mass is 9.76. The second-order valence-corrected chi connectivity index (χ2v) is 7.25. The summed E-state index contributed by atoms with van der Waals surface area (Å²) in [5, 5.41) is 9.03. The smallest absolute Gasteiger partial charge is 0.335 e. The number of fused-ring (bicyclic) bond motifs is 1. The monoisotopic (exact) mass is 330 g/mol. The molecule has 0 aromatic heterocycles. The van der Waals surface area contributed by atoms with Gasteiger partial charge in [-0.1, -0.05) is 12.1 Å². The van der Waals surface area contributed by atoms with Gasteiger partial charge in [0, 0.05) is 31.6 Å². The van der Waals surface area contributed by atoms with Gasteiger partial charge in [-0.05, 0) is 56.8 Å². The number of carboxylic acids is 1. The molecule has 2 aliphatic rings. The molecule has 0 spiro atoms. The first-order valence-corrected chi connectivity index (χ1v) is 8.76. The van der Waals surface area contributed by atoms with E-state index in [9.17, 15) is 9.59 Å². The lowest BCUT2D eigenvalue weighted by molar-refractivity contribution is -0.142. The molecule has 0 unspecified atom stereocenters.